The molecule has 0 aliphatic heterocycles. The van der Waals surface area contributed by atoms with Gasteiger partial charge in [0, 0.05) is 17.8 Å². The number of amides is 1. The van der Waals surface area contributed by atoms with Gasteiger partial charge >= 0.3 is 0 Å². The average Bonchev–Trinajstić information content (AvgIpc) is 3.10. The monoisotopic (exact) mass is 391 g/mol. The molecule has 0 bridgehead atoms. The van der Waals surface area contributed by atoms with Gasteiger partial charge in [0.25, 0.3) is 5.91 Å². The molecule has 26 heavy (non-hydrogen) atoms. The molecule has 0 aliphatic carbocycles. The lowest BCUT2D eigenvalue weighted by molar-refractivity contribution is 0.102. The first-order valence-electron chi connectivity index (χ1n) is 8.21. The van der Waals surface area contributed by atoms with E-state index in [2.05, 4.69) is 15.5 Å². The fourth-order valence-corrected chi connectivity index (χ4v) is 3.17. The normalized spacial score (nSPS) is 11.0. The van der Waals surface area contributed by atoms with Crippen LogP contribution in [0.1, 0.15) is 34.4 Å². The Bertz CT molecular complexity index is 961. The molecular formula is C18H19Cl2N5O. The lowest BCUT2D eigenvalue weighted by Crippen LogP contribution is -2.15. The number of benzene rings is 1. The second kappa shape index (κ2) is 7.51. The second-order valence-corrected chi connectivity index (χ2v) is 6.81. The smallest absolute Gasteiger partial charge is 0.277 e. The van der Waals surface area contributed by atoms with E-state index in [1.165, 1.54) is 0 Å². The highest BCUT2D eigenvalue weighted by molar-refractivity contribution is 6.34. The topological polar surface area (TPSA) is 64.7 Å². The lowest BCUT2D eigenvalue weighted by atomic mass is 10.2. The predicted octanol–water partition coefficient (Wildman–Crippen LogP) is 4.32. The predicted molar refractivity (Wildman–Crippen MR) is 103 cm³/mol. The van der Waals surface area contributed by atoms with Crippen molar-refractivity contribution in [1.82, 2.24) is 19.6 Å². The molecule has 0 radical (unpaired) electrons. The number of hydrogen-bond acceptors (Lipinski definition) is 3. The second-order valence-electron chi connectivity index (χ2n) is 5.97. The number of anilines is 1. The summed E-state index contributed by atoms with van der Waals surface area (Å²) >= 11 is 12.2. The van der Waals surface area contributed by atoms with E-state index in [-0.39, 0.29) is 11.6 Å². The van der Waals surface area contributed by atoms with Gasteiger partial charge in [0.1, 0.15) is 0 Å². The molecule has 1 amide bonds. The minimum atomic E-state index is -0.351. The van der Waals surface area contributed by atoms with Crippen LogP contribution in [0, 0.1) is 13.8 Å². The van der Waals surface area contributed by atoms with Crippen LogP contribution >= 0.6 is 23.2 Å². The zero-order valence-electron chi connectivity index (χ0n) is 14.8. The summed E-state index contributed by atoms with van der Waals surface area (Å²) in [5, 5.41) is 12.6. The van der Waals surface area contributed by atoms with Gasteiger partial charge in [-0.05, 0) is 38.5 Å². The van der Waals surface area contributed by atoms with E-state index in [0.717, 1.165) is 17.0 Å². The summed E-state index contributed by atoms with van der Waals surface area (Å²) in [6.45, 7) is 6.89. The largest absolute Gasteiger partial charge is 0.317 e. The Morgan fingerprint density at radius 1 is 1.23 bits per heavy atom. The van der Waals surface area contributed by atoms with Crippen molar-refractivity contribution in [2.24, 2.45) is 0 Å². The fourth-order valence-electron chi connectivity index (χ4n) is 2.73. The van der Waals surface area contributed by atoms with Crippen LogP contribution in [-0.4, -0.2) is 25.5 Å². The highest BCUT2D eigenvalue weighted by Crippen LogP contribution is 2.23. The van der Waals surface area contributed by atoms with Crippen molar-refractivity contribution >= 4 is 34.8 Å². The lowest BCUT2D eigenvalue weighted by Gasteiger charge is -2.07. The quantitative estimate of drug-likeness (QED) is 0.703. The van der Waals surface area contributed by atoms with Crippen LogP contribution in [0.5, 0.6) is 0 Å². The standard InChI is InChI=1S/C18H19Cl2N5O/c1-4-24-10-15(20)17(23-24)18(26)21-16-11(2)22-25(12(16)3)9-13-6-5-7-14(19)8-13/h5-8,10H,4,9H2,1-3H3,(H,21,26). The summed E-state index contributed by atoms with van der Waals surface area (Å²) in [7, 11) is 0. The Balaban J connectivity index is 1.83. The molecule has 0 unspecified atom stereocenters. The van der Waals surface area contributed by atoms with Gasteiger partial charge in [0.05, 0.1) is 28.6 Å². The molecule has 0 saturated heterocycles. The van der Waals surface area contributed by atoms with Crippen molar-refractivity contribution in [2.45, 2.75) is 33.9 Å². The molecule has 1 N–H and O–H groups in total. The maximum atomic E-state index is 12.6. The number of aromatic nitrogens is 4. The summed E-state index contributed by atoms with van der Waals surface area (Å²) in [5.74, 6) is -0.351. The van der Waals surface area contributed by atoms with E-state index in [1.54, 1.807) is 10.9 Å². The van der Waals surface area contributed by atoms with Crippen LogP contribution in [-0.2, 0) is 13.1 Å². The number of aryl methyl sites for hydroxylation is 2. The Morgan fingerprint density at radius 2 is 2.00 bits per heavy atom. The van der Waals surface area contributed by atoms with Gasteiger partial charge in [-0.15, -0.1) is 0 Å². The van der Waals surface area contributed by atoms with Crippen LogP contribution in [0.3, 0.4) is 0 Å². The molecule has 2 aromatic heterocycles. The van der Waals surface area contributed by atoms with E-state index in [9.17, 15) is 4.79 Å². The number of hydrogen-bond donors (Lipinski definition) is 1. The van der Waals surface area contributed by atoms with Gasteiger partial charge in [-0.1, -0.05) is 35.3 Å². The molecule has 6 nitrogen and oxygen atoms in total. The molecule has 2 heterocycles. The van der Waals surface area contributed by atoms with Crippen LogP contribution in [0.4, 0.5) is 5.69 Å². The third kappa shape index (κ3) is 3.76. The summed E-state index contributed by atoms with van der Waals surface area (Å²) in [6, 6.07) is 7.61. The fraction of sp³-hybridized carbons (Fsp3) is 0.278. The van der Waals surface area contributed by atoms with E-state index < -0.39 is 0 Å². The molecule has 0 spiro atoms. The van der Waals surface area contributed by atoms with Crippen LogP contribution in [0.2, 0.25) is 10.0 Å². The first-order chi connectivity index (χ1) is 12.4. The minimum Gasteiger partial charge on any atom is -0.317 e. The third-order valence-corrected chi connectivity index (χ3v) is 4.61. The molecule has 1 aromatic carbocycles. The van der Waals surface area contributed by atoms with Gasteiger partial charge in [-0.25, -0.2) is 0 Å². The van der Waals surface area contributed by atoms with Crippen molar-refractivity contribution in [3.63, 3.8) is 0 Å². The number of carbonyl (C=O) groups excluding carboxylic acids is 1. The van der Waals surface area contributed by atoms with E-state index in [1.807, 2.05) is 49.7 Å². The number of carbonyl (C=O) groups is 1. The van der Waals surface area contributed by atoms with Gasteiger partial charge in [-0.3, -0.25) is 14.2 Å². The van der Waals surface area contributed by atoms with Gasteiger partial charge in [0.2, 0.25) is 0 Å². The first kappa shape index (κ1) is 18.5. The minimum absolute atomic E-state index is 0.204. The molecule has 8 heteroatoms. The van der Waals surface area contributed by atoms with Gasteiger partial charge in [-0.2, -0.15) is 10.2 Å². The Morgan fingerprint density at radius 3 is 2.65 bits per heavy atom. The van der Waals surface area contributed by atoms with E-state index >= 15 is 0 Å². The van der Waals surface area contributed by atoms with Crippen LogP contribution < -0.4 is 5.32 Å². The Kier molecular flexibility index (Phi) is 5.34. The van der Waals surface area contributed by atoms with Crippen LogP contribution in [0.25, 0.3) is 0 Å². The zero-order valence-corrected chi connectivity index (χ0v) is 16.3. The van der Waals surface area contributed by atoms with E-state index in [4.69, 9.17) is 23.2 Å². The summed E-state index contributed by atoms with van der Waals surface area (Å²) in [6.07, 6.45) is 1.64. The Hall–Kier alpha value is -2.31. The maximum Gasteiger partial charge on any atom is 0.277 e. The van der Waals surface area contributed by atoms with Crippen molar-refractivity contribution < 1.29 is 4.79 Å². The molecular weight excluding hydrogens is 373 g/mol. The van der Waals surface area contributed by atoms with Crippen molar-refractivity contribution in [2.75, 3.05) is 5.32 Å². The van der Waals surface area contributed by atoms with Gasteiger partial charge < -0.3 is 5.32 Å². The number of nitrogens with zero attached hydrogens (tertiary/aromatic N) is 4. The third-order valence-electron chi connectivity index (χ3n) is 4.10. The SMILES string of the molecule is CCn1cc(Cl)c(C(=O)Nc2c(C)nn(Cc3cccc(Cl)c3)c2C)n1. The maximum absolute atomic E-state index is 12.6. The van der Waals surface area contributed by atoms with Crippen molar-refractivity contribution in [3.05, 3.63) is 63.2 Å². The Labute approximate surface area is 161 Å². The number of rotatable bonds is 5. The zero-order chi connectivity index (χ0) is 18.8. The average molecular weight is 392 g/mol. The van der Waals surface area contributed by atoms with Crippen LogP contribution in [0.15, 0.2) is 30.5 Å². The van der Waals surface area contributed by atoms with Crippen molar-refractivity contribution in [1.29, 1.82) is 0 Å². The number of halogens is 2. The molecule has 3 rings (SSSR count). The first-order valence-corrected chi connectivity index (χ1v) is 8.97. The summed E-state index contributed by atoms with van der Waals surface area (Å²) in [4.78, 5) is 12.6. The van der Waals surface area contributed by atoms with E-state index in [0.29, 0.717) is 28.8 Å². The highest BCUT2D eigenvalue weighted by atomic mass is 35.5. The number of nitrogens with one attached hydrogen (secondary N) is 1. The van der Waals surface area contributed by atoms with Gasteiger partial charge in [0.15, 0.2) is 5.69 Å². The summed E-state index contributed by atoms with van der Waals surface area (Å²) < 4.78 is 3.46. The molecule has 136 valence electrons. The molecule has 0 atom stereocenters. The highest BCUT2D eigenvalue weighted by Gasteiger charge is 2.19. The molecule has 3 aromatic rings. The molecule has 0 aliphatic rings. The molecule has 0 fully saturated rings. The summed E-state index contributed by atoms with van der Waals surface area (Å²) in [5.41, 5.74) is 3.48. The van der Waals surface area contributed by atoms with Crippen molar-refractivity contribution in [3.8, 4) is 0 Å². The molecule has 0 saturated carbocycles.